The molecule has 1 aromatic rings. The molecule has 98 valence electrons. The number of carboxylic acid groups (broad SMARTS) is 2. The summed E-state index contributed by atoms with van der Waals surface area (Å²) in [5, 5.41) is 18.5. The Kier molecular flexibility index (Phi) is 4.89. The van der Waals surface area contributed by atoms with Gasteiger partial charge in [0.1, 0.15) is 5.41 Å². The summed E-state index contributed by atoms with van der Waals surface area (Å²) in [7, 11) is 0. The maximum atomic E-state index is 11.6. The Hall–Kier alpha value is -1.84. The van der Waals surface area contributed by atoms with Crippen LogP contribution in [0, 0.1) is 0 Å². The lowest BCUT2D eigenvalue weighted by Gasteiger charge is -2.28. The molecule has 0 bridgehead atoms. The molecule has 4 nitrogen and oxygen atoms in total. The molecule has 18 heavy (non-hydrogen) atoms. The van der Waals surface area contributed by atoms with Crippen molar-refractivity contribution in [3.05, 3.63) is 35.9 Å². The van der Waals surface area contributed by atoms with Crippen LogP contribution in [0.25, 0.3) is 0 Å². The van der Waals surface area contributed by atoms with Crippen molar-refractivity contribution >= 4 is 11.9 Å². The number of carbonyl (C=O) groups is 2. The van der Waals surface area contributed by atoms with E-state index in [1.807, 2.05) is 6.92 Å². The molecule has 1 unspecified atom stereocenters. The van der Waals surface area contributed by atoms with Crippen molar-refractivity contribution in [1.82, 2.24) is 0 Å². The molecule has 2 N–H and O–H groups in total. The molecule has 1 aromatic carbocycles. The molecule has 0 heterocycles. The first kappa shape index (κ1) is 14.2. The summed E-state index contributed by atoms with van der Waals surface area (Å²) >= 11 is 0. The Balaban J connectivity index is 3.19. The molecule has 4 heteroatoms. The summed E-state index contributed by atoms with van der Waals surface area (Å²) < 4.78 is 0. The van der Waals surface area contributed by atoms with Crippen molar-refractivity contribution in [3.63, 3.8) is 0 Å². The SMILES string of the molecule is CCCCC(CC(=O)O)(C(=O)O)c1ccccc1. The van der Waals surface area contributed by atoms with Crippen LogP contribution in [-0.2, 0) is 15.0 Å². The van der Waals surface area contributed by atoms with Crippen LogP contribution in [0.2, 0.25) is 0 Å². The summed E-state index contributed by atoms with van der Waals surface area (Å²) in [5.41, 5.74) is -0.753. The van der Waals surface area contributed by atoms with Crippen molar-refractivity contribution < 1.29 is 19.8 Å². The summed E-state index contributed by atoms with van der Waals surface area (Å²) in [6.45, 7) is 1.96. The van der Waals surface area contributed by atoms with Crippen molar-refractivity contribution in [2.75, 3.05) is 0 Å². The average Bonchev–Trinajstić information content (AvgIpc) is 2.34. The van der Waals surface area contributed by atoms with Gasteiger partial charge in [-0.05, 0) is 12.0 Å². The van der Waals surface area contributed by atoms with E-state index in [0.717, 1.165) is 6.42 Å². The second-order valence-corrected chi connectivity index (χ2v) is 4.43. The van der Waals surface area contributed by atoms with Crippen molar-refractivity contribution in [2.45, 2.75) is 38.0 Å². The van der Waals surface area contributed by atoms with E-state index in [1.165, 1.54) is 0 Å². The van der Waals surface area contributed by atoms with Gasteiger partial charge in [0.05, 0.1) is 6.42 Å². The van der Waals surface area contributed by atoms with Crippen molar-refractivity contribution in [1.29, 1.82) is 0 Å². The second kappa shape index (κ2) is 6.19. The number of benzene rings is 1. The molecule has 0 radical (unpaired) electrons. The maximum Gasteiger partial charge on any atom is 0.314 e. The van der Waals surface area contributed by atoms with Crippen LogP contribution >= 0.6 is 0 Å². The van der Waals surface area contributed by atoms with E-state index < -0.39 is 17.4 Å². The maximum absolute atomic E-state index is 11.6. The number of rotatable bonds is 7. The third-order valence-corrected chi connectivity index (χ3v) is 3.15. The highest BCUT2D eigenvalue weighted by molar-refractivity contribution is 5.87. The highest BCUT2D eigenvalue weighted by atomic mass is 16.4. The molecule has 0 amide bonds. The molecule has 1 atom stereocenters. The Bertz CT molecular complexity index is 413. The molecule has 0 aromatic heterocycles. The molecule has 0 saturated carbocycles. The predicted octanol–water partition coefficient (Wildman–Crippen LogP) is 2.67. The third-order valence-electron chi connectivity index (χ3n) is 3.15. The molecule has 0 saturated heterocycles. The molecular formula is C14H18O4. The molecular weight excluding hydrogens is 232 g/mol. The van der Waals surface area contributed by atoms with Gasteiger partial charge in [-0.15, -0.1) is 0 Å². The van der Waals surface area contributed by atoms with Gasteiger partial charge in [0.2, 0.25) is 0 Å². The molecule has 0 fully saturated rings. The van der Waals surface area contributed by atoms with Crippen LogP contribution in [0.5, 0.6) is 0 Å². The van der Waals surface area contributed by atoms with Crippen LogP contribution in [0.4, 0.5) is 0 Å². The summed E-state index contributed by atoms with van der Waals surface area (Å²) in [6.07, 6.45) is 1.48. The van der Waals surface area contributed by atoms with E-state index in [1.54, 1.807) is 30.3 Å². The smallest absolute Gasteiger partial charge is 0.314 e. The van der Waals surface area contributed by atoms with Gasteiger partial charge in [0.15, 0.2) is 0 Å². The largest absolute Gasteiger partial charge is 0.481 e. The number of unbranched alkanes of at least 4 members (excludes halogenated alkanes) is 1. The van der Waals surface area contributed by atoms with E-state index in [2.05, 4.69) is 0 Å². The average molecular weight is 250 g/mol. The first-order chi connectivity index (χ1) is 8.53. The third kappa shape index (κ3) is 3.09. The Labute approximate surface area is 106 Å². The van der Waals surface area contributed by atoms with E-state index >= 15 is 0 Å². The summed E-state index contributed by atoms with van der Waals surface area (Å²) in [4.78, 5) is 22.6. The van der Waals surface area contributed by atoms with Crippen LogP contribution in [-0.4, -0.2) is 22.2 Å². The van der Waals surface area contributed by atoms with Gasteiger partial charge >= 0.3 is 11.9 Å². The van der Waals surface area contributed by atoms with E-state index in [-0.39, 0.29) is 6.42 Å². The van der Waals surface area contributed by atoms with Crippen LogP contribution < -0.4 is 0 Å². The van der Waals surface area contributed by atoms with E-state index in [4.69, 9.17) is 5.11 Å². The van der Waals surface area contributed by atoms with Crippen molar-refractivity contribution in [3.8, 4) is 0 Å². The summed E-state index contributed by atoms with van der Waals surface area (Å²) in [6, 6.07) is 8.64. The standard InChI is InChI=1S/C14H18O4/c1-2-3-9-14(13(17)18,10-12(15)16)11-7-5-4-6-8-11/h4-8H,2-3,9-10H2,1H3,(H,15,16)(H,17,18). The van der Waals surface area contributed by atoms with Crippen molar-refractivity contribution in [2.24, 2.45) is 0 Å². The highest BCUT2D eigenvalue weighted by Gasteiger charge is 2.41. The topological polar surface area (TPSA) is 74.6 Å². The van der Waals surface area contributed by atoms with Gasteiger partial charge in [-0.1, -0.05) is 50.1 Å². The number of hydrogen-bond donors (Lipinski definition) is 2. The zero-order valence-electron chi connectivity index (χ0n) is 10.4. The first-order valence-electron chi connectivity index (χ1n) is 6.03. The molecule has 1 rings (SSSR count). The minimum Gasteiger partial charge on any atom is -0.481 e. The van der Waals surface area contributed by atoms with Gasteiger partial charge in [0, 0.05) is 0 Å². The monoisotopic (exact) mass is 250 g/mol. The number of hydrogen-bond acceptors (Lipinski definition) is 2. The highest BCUT2D eigenvalue weighted by Crippen LogP contribution is 2.34. The van der Waals surface area contributed by atoms with Gasteiger partial charge in [-0.25, -0.2) is 0 Å². The van der Waals surface area contributed by atoms with Gasteiger partial charge in [0.25, 0.3) is 0 Å². The normalized spacial score (nSPS) is 13.8. The minimum absolute atomic E-state index is 0.342. The number of aliphatic carboxylic acids is 2. The fourth-order valence-electron chi connectivity index (χ4n) is 2.13. The Morgan fingerprint density at radius 1 is 1.17 bits per heavy atom. The molecule has 0 aliphatic heterocycles. The zero-order chi connectivity index (χ0) is 13.6. The first-order valence-corrected chi connectivity index (χ1v) is 6.03. The Morgan fingerprint density at radius 3 is 2.22 bits per heavy atom. The van der Waals surface area contributed by atoms with E-state index in [9.17, 15) is 14.7 Å². The van der Waals surface area contributed by atoms with Gasteiger partial charge in [-0.3, -0.25) is 9.59 Å². The number of carboxylic acids is 2. The lowest BCUT2D eigenvalue weighted by atomic mass is 9.74. The summed E-state index contributed by atoms with van der Waals surface area (Å²) in [5.74, 6) is -2.15. The second-order valence-electron chi connectivity index (χ2n) is 4.43. The van der Waals surface area contributed by atoms with E-state index in [0.29, 0.717) is 18.4 Å². The van der Waals surface area contributed by atoms with Crippen LogP contribution in [0.1, 0.15) is 38.2 Å². The minimum atomic E-state index is -1.32. The molecule has 0 aliphatic rings. The quantitative estimate of drug-likeness (QED) is 0.780. The van der Waals surface area contributed by atoms with Gasteiger partial charge < -0.3 is 10.2 Å². The lowest BCUT2D eigenvalue weighted by molar-refractivity contribution is -0.150. The fourth-order valence-corrected chi connectivity index (χ4v) is 2.13. The Morgan fingerprint density at radius 2 is 1.78 bits per heavy atom. The van der Waals surface area contributed by atoms with Crippen LogP contribution in [0.15, 0.2) is 30.3 Å². The fraction of sp³-hybridized carbons (Fsp3) is 0.429. The predicted molar refractivity (Wildman–Crippen MR) is 67.5 cm³/mol. The zero-order valence-corrected chi connectivity index (χ0v) is 10.4. The molecule has 0 spiro atoms. The molecule has 0 aliphatic carbocycles. The van der Waals surface area contributed by atoms with Gasteiger partial charge in [-0.2, -0.15) is 0 Å². The lowest BCUT2D eigenvalue weighted by Crippen LogP contribution is -2.38. The van der Waals surface area contributed by atoms with Crippen LogP contribution in [0.3, 0.4) is 0 Å².